The van der Waals surface area contributed by atoms with Crippen molar-refractivity contribution in [2.75, 3.05) is 0 Å². The maximum atomic E-state index is 13.4. The SMILES string of the molecule is O=C(O)c1cc(F)cc2[nH]c(-c3ncccc3Br)nc12. The highest BCUT2D eigenvalue weighted by Gasteiger charge is 2.17. The van der Waals surface area contributed by atoms with Gasteiger partial charge in [-0.15, -0.1) is 0 Å². The third-order valence-corrected chi connectivity index (χ3v) is 3.40. The van der Waals surface area contributed by atoms with E-state index in [-0.39, 0.29) is 11.1 Å². The van der Waals surface area contributed by atoms with Crippen LogP contribution >= 0.6 is 15.9 Å². The smallest absolute Gasteiger partial charge is 0.338 e. The van der Waals surface area contributed by atoms with Crippen molar-refractivity contribution in [1.82, 2.24) is 15.0 Å². The predicted molar refractivity (Wildman–Crippen MR) is 73.9 cm³/mol. The summed E-state index contributed by atoms with van der Waals surface area (Å²) in [6.07, 6.45) is 1.59. The Labute approximate surface area is 120 Å². The second kappa shape index (κ2) is 4.68. The van der Waals surface area contributed by atoms with E-state index in [1.807, 2.05) is 0 Å². The summed E-state index contributed by atoms with van der Waals surface area (Å²) < 4.78 is 14.1. The molecular weight excluding hydrogens is 329 g/mol. The van der Waals surface area contributed by atoms with Crippen LogP contribution in [0.25, 0.3) is 22.6 Å². The zero-order chi connectivity index (χ0) is 14.3. The summed E-state index contributed by atoms with van der Waals surface area (Å²) in [6, 6.07) is 5.69. The summed E-state index contributed by atoms with van der Waals surface area (Å²) in [5, 5.41) is 9.10. The number of carbonyl (C=O) groups is 1. The Bertz CT molecular complexity index is 832. The number of rotatable bonds is 2. The largest absolute Gasteiger partial charge is 0.478 e. The molecule has 2 heterocycles. The summed E-state index contributed by atoms with van der Waals surface area (Å²) >= 11 is 3.34. The van der Waals surface area contributed by atoms with Crippen LogP contribution in [0.3, 0.4) is 0 Å². The zero-order valence-corrected chi connectivity index (χ0v) is 11.5. The molecule has 0 fully saturated rings. The Hall–Kier alpha value is -2.28. The van der Waals surface area contributed by atoms with Crippen LogP contribution in [0.4, 0.5) is 4.39 Å². The molecular formula is C13H7BrFN3O2. The molecule has 0 atom stereocenters. The topological polar surface area (TPSA) is 78.9 Å². The van der Waals surface area contributed by atoms with Gasteiger partial charge in [0.15, 0.2) is 5.82 Å². The van der Waals surface area contributed by atoms with Gasteiger partial charge in [-0.1, -0.05) is 0 Å². The number of pyridine rings is 1. The molecule has 1 aromatic carbocycles. The van der Waals surface area contributed by atoms with Crippen LogP contribution in [-0.2, 0) is 0 Å². The fourth-order valence-electron chi connectivity index (χ4n) is 1.92. The lowest BCUT2D eigenvalue weighted by molar-refractivity contribution is 0.0698. The van der Waals surface area contributed by atoms with Gasteiger partial charge in [-0.2, -0.15) is 0 Å². The van der Waals surface area contributed by atoms with Gasteiger partial charge in [0.05, 0.1) is 11.1 Å². The number of hydrogen-bond acceptors (Lipinski definition) is 3. The van der Waals surface area contributed by atoms with Crippen LogP contribution in [0.5, 0.6) is 0 Å². The lowest BCUT2D eigenvalue weighted by atomic mass is 10.2. The first-order valence-corrected chi connectivity index (χ1v) is 6.39. The van der Waals surface area contributed by atoms with Crippen molar-refractivity contribution >= 4 is 32.9 Å². The Kier molecular flexibility index (Phi) is 2.98. The van der Waals surface area contributed by atoms with Gasteiger partial charge in [0.1, 0.15) is 17.0 Å². The number of fused-ring (bicyclic) bond motifs is 1. The van der Waals surface area contributed by atoms with Crippen molar-refractivity contribution in [3.05, 3.63) is 46.3 Å². The molecule has 20 heavy (non-hydrogen) atoms. The lowest BCUT2D eigenvalue weighted by Gasteiger charge is -1.97. The maximum absolute atomic E-state index is 13.4. The van der Waals surface area contributed by atoms with Crippen LogP contribution in [0.2, 0.25) is 0 Å². The van der Waals surface area contributed by atoms with E-state index >= 15 is 0 Å². The minimum Gasteiger partial charge on any atom is -0.478 e. The van der Waals surface area contributed by atoms with Crippen molar-refractivity contribution in [2.24, 2.45) is 0 Å². The van der Waals surface area contributed by atoms with Gasteiger partial charge in [-0.25, -0.2) is 14.2 Å². The summed E-state index contributed by atoms with van der Waals surface area (Å²) in [5.41, 5.74) is 0.858. The number of hydrogen-bond donors (Lipinski definition) is 2. The van der Waals surface area contributed by atoms with Gasteiger partial charge in [0.25, 0.3) is 0 Å². The summed E-state index contributed by atoms with van der Waals surface area (Å²) in [7, 11) is 0. The number of carboxylic acids is 1. The monoisotopic (exact) mass is 335 g/mol. The molecule has 3 aromatic rings. The molecule has 3 rings (SSSR count). The first kappa shape index (κ1) is 12.7. The van der Waals surface area contributed by atoms with Crippen molar-refractivity contribution in [3.8, 4) is 11.5 Å². The van der Waals surface area contributed by atoms with Gasteiger partial charge in [0, 0.05) is 10.7 Å². The van der Waals surface area contributed by atoms with Gasteiger partial charge in [0.2, 0.25) is 0 Å². The summed E-state index contributed by atoms with van der Waals surface area (Å²) in [5.74, 6) is -1.49. The van der Waals surface area contributed by atoms with E-state index < -0.39 is 11.8 Å². The second-order valence-electron chi connectivity index (χ2n) is 4.07. The zero-order valence-electron chi connectivity index (χ0n) is 9.89. The number of aromatic carboxylic acids is 1. The number of aromatic nitrogens is 3. The van der Waals surface area contributed by atoms with Gasteiger partial charge < -0.3 is 10.1 Å². The number of aromatic amines is 1. The van der Waals surface area contributed by atoms with E-state index in [9.17, 15) is 9.18 Å². The molecule has 0 aliphatic carbocycles. The molecule has 5 nitrogen and oxygen atoms in total. The molecule has 0 spiro atoms. The molecule has 2 N–H and O–H groups in total. The fraction of sp³-hybridized carbons (Fsp3) is 0. The number of nitrogens with one attached hydrogen (secondary N) is 1. The number of nitrogens with zero attached hydrogens (tertiary/aromatic N) is 2. The molecule has 2 aromatic heterocycles. The Morgan fingerprint density at radius 2 is 2.20 bits per heavy atom. The van der Waals surface area contributed by atoms with E-state index in [1.54, 1.807) is 18.3 Å². The number of carboxylic acid groups (broad SMARTS) is 1. The average Bonchev–Trinajstić information content (AvgIpc) is 2.81. The summed E-state index contributed by atoms with van der Waals surface area (Å²) in [6.45, 7) is 0. The van der Waals surface area contributed by atoms with Crippen LogP contribution in [-0.4, -0.2) is 26.0 Å². The normalized spacial score (nSPS) is 10.9. The van der Waals surface area contributed by atoms with Crippen LogP contribution in [0.15, 0.2) is 34.9 Å². The predicted octanol–water partition coefficient (Wildman–Crippen LogP) is 3.22. The van der Waals surface area contributed by atoms with Crippen molar-refractivity contribution in [1.29, 1.82) is 0 Å². The first-order valence-electron chi connectivity index (χ1n) is 5.59. The Balaban J connectivity index is 2.28. The van der Waals surface area contributed by atoms with E-state index in [1.165, 1.54) is 6.07 Å². The molecule has 0 aliphatic heterocycles. The van der Waals surface area contributed by atoms with Crippen molar-refractivity contribution in [2.45, 2.75) is 0 Å². The third-order valence-electron chi connectivity index (χ3n) is 2.76. The molecule has 0 bridgehead atoms. The molecule has 100 valence electrons. The van der Waals surface area contributed by atoms with E-state index in [0.717, 1.165) is 6.07 Å². The standard InChI is InChI=1S/C13H7BrFN3O2/c14-8-2-1-3-16-11(8)12-17-9-5-6(15)4-7(13(19)20)10(9)18-12/h1-5H,(H,17,18)(H,19,20). The number of halogens is 2. The highest BCUT2D eigenvalue weighted by Crippen LogP contribution is 2.27. The van der Waals surface area contributed by atoms with Crippen molar-refractivity contribution < 1.29 is 14.3 Å². The summed E-state index contributed by atoms with van der Waals surface area (Å²) in [4.78, 5) is 22.4. The first-order chi connectivity index (χ1) is 9.56. The molecule has 0 unspecified atom stereocenters. The maximum Gasteiger partial charge on any atom is 0.338 e. The Morgan fingerprint density at radius 1 is 1.40 bits per heavy atom. The average molecular weight is 336 g/mol. The van der Waals surface area contributed by atoms with Gasteiger partial charge >= 0.3 is 5.97 Å². The van der Waals surface area contributed by atoms with E-state index in [4.69, 9.17) is 5.11 Å². The minimum absolute atomic E-state index is 0.186. The molecule has 0 saturated heterocycles. The minimum atomic E-state index is -1.23. The molecule has 7 heteroatoms. The molecule has 0 radical (unpaired) electrons. The molecule has 0 amide bonds. The lowest BCUT2D eigenvalue weighted by Crippen LogP contribution is -1.98. The molecule has 0 saturated carbocycles. The highest BCUT2D eigenvalue weighted by atomic mass is 79.9. The van der Waals surface area contributed by atoms with E-state index in [0.29, 0.717) is 21.5 Å². The van der Waals surface area contributed by atoms with Gasteiger partial charge in [-0.05, 0) is 40.2 Å². The quantitative estimate of drug-likeness (QED) is 0.753. The number of H-pyrrole nitrogens is 1. The van der Waals surface area contributed by atoms with Crippen LogP contribution in [0.1, 0.15) is 10.4 Å². The van der Waals surface area contributed by atoms with Gasteiger partial charge in [-0.3, -0.25) is 4.98 Å². The van der Waals surface area contributed by atoms with Crippen LogP contribution in [0, 0.1) is 5.82 Å². The van der Waals surface area contributed by atoms with Crippen molar-refractivity contribution in [3.63, 3.8) is 0 Å². The molecule has 0 aliphatic rings. The van der Waals surface area contributed by atoms with Crippen LogP contribution < -0.4 is 0 Å². The fourth-order valence-corrected chi connectivity index (χ4v) is 2.36. The van der Waals surface area contributed by atoms with E-state index in [2.05, 4.69) is 30.9 Å². The second-order valence-corrected chi connectivity index (χ2v) is 4.93. The highest BCUT2D eigenvalue weighted by molar-refractivity contribution is 9.10. The Morgan fingerprint density at radius 3 is 2.90 bits per heavy atom. The third kappa shape index (κ3) is 2.05. The number of benzene rings is 1. The number of imidazole rings is 1.